The molecule has 1 saturated heterocycles. The summed E-state index contributed by atoms with van der Waals surface area (Å²) in [6.45, 7) is 2.85. The molecule has 0 unspecified atom stereocenters. The van der Waals surface area contributed by atoms with E-state index in [0.717, 1.165) is 6.07 Å². The highest BCUT2D eigenvalue weighted by Gasteiger charge is 2.31. The van der Waals surface area contributed by atoms with Crippen LogP contribution in [0.4, 0.5) is 8.78 Å². The van der Waals surface area contributed by atoms with E-state index in [2.05, 4.69) is 4.98 Å². The van der Waals surface area contributed by atoms with Crippen LogP contribution in [0.15, 0.2) is 12.1 Å². The topological polar surface area (TPSA) is 62.1 Å². The number of likely N-dealkylation sites (tertiary alicyclic amines) is 1. The predicted molar refractivity (Wildman–Crippen MR) is 81.0 cm³/mol. The summed E-state index contributed by atoms with van der Waals surface area (Å²) in [5.41, 5.74) is 5.83. The van der Waals surface area contributed by atoms with E-state index in [0.29, 0.717) is 31.4 Å². The van der Waals surface area contributed by atoms with Crippen molar-refractivity contribution >= 4 is 28.4 Å². The quantitative estimate of drug-likeness (QED) is 0.845. The minimum atomic E-state index is -0.814. The van der Waals surface area contributed by atoms with E-state index in [1.807, 2.05) is 6.92 Å². The van der Waals surface area contributed by atoms with Crippen LogP contribution in [0.2, 0.25) is 5.02 Å². The number of nitrogens with zero attached hydrogens (tertiary/aromatic N) is 1. The van der Waals surface area contributed by atoms with Gasteiger partial charge in [-0.2, -0.15) is 0 Å². The molecule has 0 radical (unpaired) electrons. The van der Waals surface area contributed by atoms with Gasteiger partial charge in [-0.05, 0) is 31.9 Å². The first kappa shape index (κ1) is 15.2. The number of amides is 1. The molecule has 118 valence electrons. The number of nitrogens with one attached hydrogen (secondary N) is 1. The summed E-state index contributed by atoms with van der Waals surface area (Å²) in [5.74, 6) is -1.99. The zero-order valence-corrected chi connectivity index (χ0v) is 12.8. The van der Waals surface area contributed by atoms with Crippen LogP contribution >= 0.6 is 11.6 Å². The van der Waals surface area contributed by atoms with Gasteiger partial charge in [0, 0.05) is 18.6 Å². The van der Waals surface area contributed by atoms with E-state index in [4.69, 9.17) is 17.3 Å². The third kappa shape index (κ3) is 2.46. The van der Waals surface area contributed by atoms with Gasteiger partial charge in [-0.15, -0.1) is 0 Å². The molecule has 0 atom stereocenters. The summed E-state index contributed by atoms with van der Waals surface area (Å²) in [6.07, 6.45) is 1.30. The van der Waals surface area contributed by atoms with Gasteiger partial charge in [0.05, 0.1) is 15.9 Å². The van der Waals surface area contributed by atoms with Gasteiger partial charge in [-0.1, -0.05) is 11.6 Å². The third-order valence-electron chi connectivity index (χ3n) is 4.20. The lowest BCUT2D eigenvalue weighted by Crippen LogP contribution is -2.50. The van der Waals surface area contributed by atoms with Crippen LogP contribution < -0.4 is 5.73 Å². The number of piperidine rings is 1. The molecular formula is C15H16ClF2N3O. The van der Waals surface area contributed by atoms with Gasteiger partial charge in [0.15, 0.2) is 5.82 Å². The minimum absolute atomic E-state index is 0.0920. The lowest BCUT2D eigenvalue weighted by atomic mass is 9.91. The Morgan fingerprint density at radius 1 is 1.36 bits per heavy atom. The molecule has 0 bridgehead atoms. The molecule has 1 aliphatic heterocycles. The Hall–Kier alpha value is -1.66. The standard InChI is InChI=1S/C15H16ClF2N3O/c1-15(19)4-6-21(7-5-15)14(22)13-12(18)10-9(20-13)3-2-8(17)11(10)16/h2-3,20H,4-7,19H2,1H3. The van der Waals surface area contributed by atoms with E-state index < -0.39 is 17.5 Å². The molecule has 3 N–H and O–H groups in total. The first-order chi connectivity index (χ1) is 10.3. The van der Waals surface area contributed by atoms with Crippen molar-refractivity contribution in [3.05, 3.63) is 34.5 Å². The molecule has 4 nitrogen and oxygen atoms in total. The van der Waals surface area contributed by atoms with Crippen LogP contribution in [0.25, 0.3) is 10.9 Å². The van der Waals surface area contributed by atoms with E-state index in [1.54, 1.807) is 4.90 Å². The van der Waals surface area contributed by atoms with Gasteiger partial charge in [-0.25, -0.2) is 8.78 Å². The van der Waals surface area contributed by atoms with Gasteiger partial charge in [0.25, 0.3) is 5.91 Å². The average molecular weight is 328 g/mol. The molecule has 1 fully saturated rings. The van der Waals surface area contributed by atoms with Crippen LogP contribution in [-0.4, -0.2) is 34.4 Å². The zero-order valence-electron chi connectivity index (χ0n) is 12.0. The maximum absolute atomic E-state index is 14.5. The number of hydrogen-bond donors (Lipinski definition) is 2. The fourth-order valence-corrected chi connectivity index (χ4v) is 2.96. The normalized spacial score (nSPS) is 18.0. The maximum atomic E-state index is 14.5. The molecule has 0 aliphatic carbocycles. The molecule has 7 heteroatoms. The summed E-state index contributed by atoms with van der Waals surface area (Å²) < 4.78 is 27.9. The highest BCUT2D eigenvalue weighted by molar-refractivity contribution is 6.35. The number of hydrogen-bond acceptors (Lipinski definition) is 2. The number of benzene rings is 1. The van der Waals surface area contributed by atoms with Crippen molar-refractivity contribution in [2.45, 2.75) is 25.3 Å². The van der Waals surface area contributed by atoms with Crippen molar-refractivity contribution < 1.29 is 13.6 Å². The highest BCUT2D eigenvalue weighted by Crippen LogP contribution is 2.31. The summed E-state index contributed by atoms with van der Waals surface area (Å²) >= 11 is 5.80. The van der Waals surface area contributed by atoms with Crippen molar-refractivity contribution in [3.8, 4) is 0 Å². The third-order valence-corrected chi connectivity index (χ3v) is 4.57. The second-order valence-corrected chi connectivity index (χ2v) is 6.42. The number of halogens is 3. The number of rotatable bonds is 1. The fourth-order valence-electron chi connectivity index (χ4n) is 2.71. The summed E-state index contributed by atoms with van der Waals surface area (Å²) in [7, 11) is 0. The second kappa shape index (κ2) is 5.21. The Bertz CT molecular complexity index is 747. The van der Waals surface area contributed by atoms with Crippen molar-refractivity contribution in [1.29, 1.82) is 0 Å². The Balaban J connectivity index is 1.95. The van der Waals surface area contributed by atoms with E-state index in [1.165, 1.54) is 6.07 Å². The van der Waals surface area contributed by atoms with E-state index in [-0.39, 0.29) is 21.6 Å². The van der Waals surface area contributed by atoms with Gasteiger partial charge >= 0.3 is 0 Å². The van der Waals surface area contributed by atoms with Gasteiger partial charge in [0.1, 0.15) is 11.5 Å². The molecule has 1 amide bonds. The van der Waals surface area contributed by atoms with Crippen molar-refractivity contribution in [3.63, 3.8) is 0 Å². The smallest absolute Gasteiger partial charge is 0.273 e. The SMILES string of the molecule is CC1(N)CCN(C(=O)c2[nH]c3ccc(F)c(Cl)c3c2F)CC1. The number of carbonyl (C=O) groups excluding carboxylic acids is 1. The summed E-state index contributed by atoms with van der Waals surface area (Å²) in [5, 5.41) is -0.413. The average Bonchev–Trinajstić information content (AvgIpc) is 2.80. The molecule has 2 heterocycles. The lowest BCUT2D eigenvalue weighted by Gasteiger charge is -2.36. The second-order valence-electron chi connectivity index (χ2n) is 6.04. The minimum Gasteiger partial charge on any atom is -0.348 e. The Labute approximate surface area is 131 Å². The lowest BCUT2D eigenvalue weighted by molar-refractivity contribution is 0.0671. The molecular weight excluding hydrogens is 312 g/mol. The number of aromatic amines is 1. The Morgan fingerprint density at radius 3 is 2.64 bits per heavy atom. The van der Waals surface area contributed by atoms with Crippen LogP contribution in [0.3, 0.4) is 0 Å². The number of nitrogens with two attached hydrogens (primary N) is 1. The molecule has 0 spiro atoms. The number of aromatic nitrogens is 1. The first-order valence-electron chi connectivity index (χ1n) is 7.03. The van der Waals surface area contributed by atoms with E-state index >= 15 is 0 Å². The molecule has 1 aliphatic rings. The highest BCUT2D eigenvalue weighted by atomic mass is 35.5. The van der Waals surface area contributed by atoms with Crippen molar-refractivity contribution in [2.75, 3.05) is 13.1 Å². The Kier molecular flexibility index (Phi) is 3.61. The van der Waals surface area contributed by atoms with Crippen molar-refractivity contribution in [1.82, 2.24) is 9.88 Å². The van der Waals surface area contributed by atoms with Gasteiger partial charge in [-0.3, -0.25) is 4.79 Å². The molecule has 0 saturated carbocycles. The van der Waals surface area contributed by atoms with E-state index in [9.17, 15) is 13.6 Å². The van der Waals surface area contributed by atoms with Crippen LogP contribution in [0.5, 0.6) is 0 Å². The number of H-pyrrole nitrogens is 1. The summed E-state index contributed by atoms with van der Waals surface area (Å²) in [6, 6.07) is 2.50. The maximum Gasteiger partial charge on any atom is 0.273 e. The monoisotopic (exact) mass is 327 g/mol. The molecule has 1 aromatic heterocycles. The zero-order chi connectivity index (χ0) is 16.1. The molecule has 22 heavy (non-hydrogen) atoms. The van der Waals surface area contributed by atoms with Crippen LogP contribution in [0, 0.1) is 11.6 Å². The molecule has 1 aromatic carbocycles. The fraction of sp³-hybridized carbons (Fsp3) is 0.400. The van der Waals surface area contributed by atoms with Crippen LogP contribution in [0.1, 0.15) is 30.3 Å². The summed E-state index contributed by atoms with van der Waals surface area (Å²) in [4.78, 5) is 16.7. The van der Waals surface area contributed by atoms with Crippen LogP contribution in [-0.2, 0) is 0 Å². The van der Waals surface area contributed by atoms with Gasteiger partial charge < -0.3 is 15.6 Å². The largest absolute Gasteiger partial charge is 0.348 e. The molecule has 3 rings (SSSR count). The number of carbonyl (C=O) groups is 1. The predicted octanol–water partition coefficient (Wildman–Crippen LogP) is 3.05. The number of fused-ring (bicyclic) bond motifs is 1. The van der Waals surface area contributed by atoms with Crippen molar-refractivity contribution in [2.24, 2.45) is 5.73 Å². The first-order valence-corrected chi connectivity index (χ1v) is 7.41. The molecule has 2 aromatic rings. The van der Waals surface area contributed by atoms with Gasteiger partial charge in [0.2, 0.25) is 0 Å². The Morgan fingerprint density at radius 2 is 2.00 bits per heavy atom.